The Balaban J connectivity index is 0.00000312. The number of benzene rings is 1. The monoisotopic (exact) mass is 373 g/mol. The van der Waals surface area contributed by atoms with Crippen molar-refractivity contribution < 1.29 is 23.1 Å². The van der Waals surface area contributed by atoms with Crippen LogP contribution in [0.5, 0.6) is 0 Å². The van der Waals surface area contributed by atoms with E-state index in [1.54, 1.807) is 0 Å². The Hall–Kier alpha value is -2.81. The number of nitrogens with one attached hydrogen (secondary N) is 1. The average molecular weight is 374 g/mol. The van der Waals surface area contributed by atoms with E-state index in [1.807, 2.05) is 0 Å². The number of halogens is 3. The summed E-state index contributed by atoms with van der Waals surface area (Å²) in [4.78, 5) is 39.2. The summed E-state index contributed by atoms with van der Waals surface area (Å²) in [7, 11) is 1.12. The Morgan fingerprint density at radius 1 is 1.24 bits per heavy atom. The molecule has 1 N–H and O–H groups in total. The maximum Gasteiger partial charge on any atom is 0.367 e. The molecule has 0 fully saturated rings. The molecule has 2 rings (SSSR count). The van der Waals surface area contributed by atoms with E-state index in [0.29, 0.717) is 4.68 Å². The van der Waals surface area contributed by atoms with Crippen molar-refractivity contribution in [3.8, 4) is 11.3 Å². The Labute approximate surface area is 147 Å². The highest BCUT2D eigenvalue weighted by Crippen LogP contribution is 2.26. The zero-order valence-corrected chi connectivity index (χ0v) is 14.2. The molecule has 1 aromatic carbocycles. The summed E-state index contributed by atoms with van der Waals surface area (Å²) in [6.45, 7) is 2.52. The van der Waals surface area contributed by atoms with Crippen LogP contribution >= 0.6 is 12.4 Å². The molecule has 25 heavy (non-hydrogen) atoms. The summed E-state index contributed by atoms with van der Waals surface area (Å²) < 4.78 is 32.1. The minimum Gasteiger partial charge on any atom is -0.465 e. The van der Waals surface area contributed by atoms with Crippen molar-refractivity contribution in [3.05, 3.63) is 51.6 Å². The Bertz CT molecular complexity index is 899. The third kappa shape index (κ3) is 4.00. The minimum atomic E-state index is -1.18. The van der Waals surface area contributed by atoms with Crippen molar-refractivity contribution in [2.75, 3.05) is 12.5 Å². The fraction of sp³-hybridized carbons (Fsp3) is 0.200. The lowest BCUT2D eigenvalue weighted by Gasteiger charge is -2.17. The van der Waals surface area contributed by atoms with E-state index < -0.39 is 29.2 Å². The highest BCUT2D eigenvalue weighted by atomic mass is 35.5. The third-order valence-electron chi connectivity index (χ3n) is 3.13. The van der Waals surface area contributed by atoms with Gasteiger partial charge in [-0.1, -0.05) is 0 Å². The van der Waals surface area contributed by atoms with Gasteiger partial charge in [0.2, 0.25) is 5.91 Å². The lowest BCUT2D eigenvalue weighted by atomic mass is 10.0. The summed E-state index contributed by atoms with van der Waals surface area (Å²) in [6, 6.07) is 2.80. The van der Waals surface area contributed by atoms with E-state index in [-0.39, 0.29) is 34.9 Å². The zero-order valence-electron chi connectivity index (χ0n) is 13.4. The second kappa shape index (κ2) is 7.84. The number of hydrogen-bond acceptors (Lipinski definition) is 5. The van der Waals surface area contributed by atoms with E-state index >= 15 is 0 Å². The molecule has 7 nitrogen and oxygen atoms in total. The number of rotatable bonds is 3. The van der Waals surface area contributed by atoms with Crippen LogP contribution in [0.3, 0.4) is 0 Å². The predicted octanol–water partition coefficient (Wildman–Crippen LogP) is 1.80. The van der Waals surface area contributed by atoms with Crippen LogP contribution in [0.1, 0.15) is 23.0 Å². The van der Waals surface area contributed by atoms with Crippen molar-refractivity contribution >= 4 is 24.3 Å². The summed E-state index contributed by atoms with van der Waals surface area (Å²) in [5, 5.41) is 0. The highest BCUT2D eigenvalue weighted by Gasteiger charge is 2.24. The molecule has 0 aliphatic rings. The second-order valence-electron chi connectivity index (χ2n) is 4.83. The molecule has 10 heteroatoms. The first kappa shape index (κ1) is 20.2. The summed E-state index contributed by atoms with van der Waals surface area (Å²) in [6.07, 6.45) is 0. The molecule has 1 heterocycles. The molecule has 0 bridgehead atoms. The number of ether oxygens (including phenoxy) is 1. The minimum absolute atomic E-state index is 0. The number of hydrogen-bond donors (Lipinski definition) is 1. The number of aryl methyl sites for hydroxylation is 1. The molecular weight excluding hydrogens is 360 g/mol. The lowest BCUT2D eigenvalue weighted by Crippen LogP contribution is -2.37. The van der Waals surface area contributed by atoms with Crippen LogP contribution in [-0.4, -0.2) is 28.6 Å². The predicted molar refractivity (Wildman–Crippen MR) is 87.2 cm³/mol. The Morgan fingerprint density at radius 3 is 2.40 bits per heavy atom. The first-order valence-electron chi connectivity index (χ1n) is 6.71. The second-order valence-corrected chi connectivity index (χ2v) is 4.83. The normalized spacial score (nSPS) is 9.96. The average Bonchev–Trinajstić information content (AvgIpc) is 2.51. The third-order valence-corrected chi connectivity index (χ3v) is 3.13. The van der Waals surface area contributed by atoms with Crippen LogP contribution in [0.4, 0.5) is 8.78 Å². The van der Waals surface area contributed by atoms with E-state index in [4.69, 9.17) is 0 Å². The number of nitrogens with zero attached hydrogens (tertiary/aromatic N) is 2. The van der Waals surface area contributed by atoms with Crippen molar-refractivity contribution in [3.63, 3.8) is 0 Å². The molecule has 1 amide bonds. The largest absolute Gasteiger partial charge is 0.465 e. The molecule has 0 aliphatic heterocycles. The van der Waals surface area contributed by atoms with Gasteiger partial charge in [-0.3, -0.25) is 10.2 Å². The van der Waals surface area contributed by atoms with Gasteiger partial charge < -0.3 is 4.74 Å². The van der Waals surface area contributed by atoms with Gasteiger partial charge in [-0.2, -0.15) is 9.66 Å². The fourth-order valence-corrected chi connectivity index (χ4v) is 2.15. The van der Waals surface area contributed by atoms with Gasteiger partial charge in [-0.05, 0) is 25.1 Å². The number of carbonyl (C=O) groups excluding carboxylic acids is 2. The van der Waals surface area contributed by atoms with Crippen molar-refractivity contribution in [1.29, 1.82) is 0 Å². The molecule has 0 aliphatic carbocycles. The van der Waals surface area contributed by atoms with Crippen LogP contribution in [0, 0.1) is 18.6 Å². The van der Waals surface area contributed by atoms with E-state index in [1.165, 1.54) is 6.92 Å². The topological polar surface area (TPSA) is 90.3 Å². The highest BCUT2D eigenvalue weighted by molar-refractivity contribution is 5.97. The molecule has 2 aromatic rings. The number of aromatic nitrogens is 2. The first-order chi connectivity index (χ1) is 11.3. The van der Waals surface area contributed by atoms with Gasteiger partial charge >= 0.3 is 11.7 Å². The summed E-state index contributed by atoms with van der Waals surface area (Å²) in [5.41, 5.74) is 1.00. The molecule has 0 saturated carbocycles. The van der Waals surface area contributed by atoms with Crippen molar-refractivity contribution in [2.45, 2.75) is 13.8 Å². The van der Waals surface area contributed by atoms with Gasteiger partial charge in [0.05, 0.1) is 18.5 Å². The molecule has 1 aromatic heterocycles. The van der Waals surface area contributed by atoms with E-state index in [9.17, 15) is 23.2 Å². The summed E-state index contributed by atoms with van der Waals surface area (Å²) >= 11 is 0. The molecule has 0 saturated heterocycles. The standard InChI is InChI=1S/C15H13F2N3O4.ClH/c1-7-12(14(22)24-3)13(9-4-5-10(16)11(17)6-9)20(15(23)18-7)19-8(2)21;/h4-6H,1-3H3,(H,19,21);1H. The zero-order chi connectivity index (χ0) is 18.0. The van der Waals surface area contributed by atoms with Crippen LogP contribution in [-0.2, 0) is 9.53 Å². The van der Waals surface area contributed by atoms with E-state index in [0.717, 1.165) is 32.2 Å². The van der Waals surface area contributed by atoms with Crippen molar-refractivity contribution in [2.24, 2.45) is 0 Å². The Kier molecular flexibility index (Phi) is 6.35. The quantitative estimate of drug-likeness (QED) is 0.828. The SMILES string of the molecule is COC(=O)c1c(C)nc(=O)n(NC(C)=O)c1-c1ccc(F)c(F)c1.Cl. The van der Waals surface area contributed by atoms with Gasteiger partial charge in [0.25, 0.3) is 0 Å². The van der Waals surface area contributed by atoms with Gasteiger partial charge in [-0.15, -0.1) is 12.4 Å². The van der Waals surface area contributed by atoms with Gasteiger partial charge in [0.1, 0.15) is 5.56 Å². The number of carbonyl (C=O) groups is 2. The molecule has 0 unspecified atom stereocenters. The van der Waals surface area contributed by atoms with E-state index in [2.05, 4.69) is 15.1 Å². The van der Waals surface area contributed by atoms with Crippen LogP contribution in [0.25, 0.3) is 11.3 Å². The van der Waals surface area contributed by atoms with Crippen LogP contribution in [0.15, 0.2) is 23.0 Å². The number of amides is 1. The Morgan fingerprint density at radius 2 is 1.88 bits per heavy atom. The maximum absolute atomic E-state index is 13.6. The molecular formula is C15H14ClF2N3O4. The number of esters is 1. The van der Waals surface area contributed by atoms with Gasteiger partial charge in [0, 0.05) is 12.5 Å². The number of methoxy groups -OCH3 is 1. The van der Waals surface area contributed by atoms with Crippen LogP contribution in [0.2, 0.25) is 0 Å². The molecule has 0 atom stereocenters. The maximum atomic E-state index is 13.6. The van der Waals surface area contributed by atoms with Gasteiger partial charge in [0.15, 0.2) is 11.6 Å². The molecule has 0 spiro atoms. The summed E-state index contributed by atoms with van der Waals surface area (Å²) in [5.74, 6) is -3.75. The van der Waals surface area contributed by atoms with Crippen molar-refractivity contribution in [1.82, 2.24) is 9.66 Å². The molecule has 0 radical (unpaired) electrons. The van der Waals surface area contributed by atoms with Gasteiger partial charge in [-0.25, -0.2) is 18.4 Å². The lowest BCUT2D eigenvalue weighted by molar-refractivity contribution is -0.115. The smallest absolute Gasteiger partial charge is 0.367 e. The molecule has 134 valence electrons. The fourth-order valence-electron chi connectivity index (χ4n) is 2.15. The first-order valence-corrected chi connectivity index (χ1v) is 6.71. The van der Waals surface area contributed by atoms with Crippen LogP contribution < -0.4 is 11.1 Å².